The molecule has 204 valence electrons. The van der Waals surface area contributed by atoms with Crippen molar-refractivity contribution in [1.29, 1.82) is 0 Å². The van der Waals surface area contributed by atoms with E-state index in [0.29, 0.717) is 11.3 Å². The molecule has 2 aromatic rings. The maximum Gasteiger partial charge on any atom is 0.355 e. The predicted molar refractivity (Wildman–Crippen MR) is 134 cm³/mol. The lowest BCUT2D eigenvalue weighted by Gasteiger charge is -2.49. The van der Waals surface area contributed by atoms with E-state index in [0.717, 1.165) is 11.8 Å². The molecule has 0 radical (unpaired) electrons. The highest BCUT2D eigenvalue weighted by atomic mass is 32.2. The minimum Gasteiger partial charge on any atom is -0.484 e. The van der Waals surface area contributed by atoms with E-state index < -0.39 is 50.9 Å². The van der Waals surface area contributed by atoms with E-state index in [4.69, 9.17) is 14.2 Å². The number of amides is 2. The van der Waals surface area contributed by atoms with Gasteiger partial charge < -0.3 is 19.5 Å². The highest BCUT2D eigenvalue weighted by molar-refractivity contribution is 7.86. The zero-order chi connectivity index (χ0) is 28.1. The van der Waals surface area contributed by atoms with Crippen LogP contribution < -0.4 is 10.1 Å². The number of nitrogens with zero attached hydrogens (tertiary/aromatic N) is 2. The van der Waals surface area contributed by atoms with Crippen molar-refractivity contribution in [3.05, 3.63) is 81.5 Å². The Kier molecular flexibility index (Phi) is 8.34. The van der Waals surface area contributed by atoms with Crippen molar-refractivity contribution in [3.8, 4) is 5.75 Å². The molecular weight excluding hydrogens is 534 g/mol. The molecule has 14 heteroatoms. The summed E-state index contributed by atoms with van der Waals surface area (Å²) in [6.07, 6.45) is 0. The number of nitro groups is 1. The van der Waals surface area contributed by atoms with E-state index >= 15 is 0 Å². The second kappa shape index (κ2) is 11.9. The van der Waals surface area contributed by atoms with Crippen LogP contribution in [0.25, 0.3) is 0 Å². The molecule has 2 unspecified atom stereocenters. The number of rotatable bonds is 10. The van der Waals surface area contributed by atoms with Gasteiger partial charge in [0.25, 0.3) is 17.5 Å². The number of non-ortho nitro benzene ring substituents is 1. The van der Waals surface area contributed by atoms with Gasteiger partial charge in [0.15, 0.2) is 6.61 Å². The van der Waals surface area contributed by atoms with Gasteiger partial charge in [0.05, 0.1) is 21.5 Å². The summed E-state index contributed by atoms with van der Waals surface area (Å²) in [4.78, 5) is 61.2. The number of carbonyl (C=O) groups excluding carboxylic acids is 4. The third kappa shape index (κ3) is 6.29. The number of nitrogens with one attached hydrogen (secondary N) is 1. The van der Waals surface area contributed by atoms with Gasteiger partial charge in [-0.15, -0.1) is 0 Å². The van der Waals surface area contributed by atoms with Gasteiger partial charge in [-0.1, -0.05) is 18.2 Å². The van der Waals surface area contributed by atoms with Crippen molar-refractivity contribution in [2.45, 2.75) is 24.9 Å². The average molecular weight is 558 g/mol. The highest BCUT2D eigenvalue weighted by Crippen LogP contribution is 2.35. The standard InChI is InChI=1S/C25H23N3O10S/c1-15(29)36-12-17-14-39(35)24-21(26-20(30)13-37-19-5-3-2-4-6-19)23(31)27(24)22(17)25(32)38-11-16-7-9-18(10-8-16)28(33)34/h2-10,21,24H,11-14H2,1H3,(H,26,30)/t21?,24-,39?/m0/s1. The maximum absolute atomic E-state index is 13.1. The summed E-state index contributed by atoms with van der Waals surface area (Å²) >= 11 is 0. The van der Waals surface area contributed by atoms with Gasteiger partial charge >= 0.3 is 11.9 Å². The molecule has 39 heavy (non-hydrogen) atoms. The Bertz CT molecular complexity index is 1360. The summed E-state index contributed by atoms with van der Waals surface area (Å²) in [7, 11) is -1.74. The Morgan fingerprint density at radius 2 is 1.77 bits per heavy atom. The lowest BCUT2D eigenvalue weighted by molar-refractivity contribution is -0.384. The van der Waals surface area contributed by atoms with Crippen molar-refractivity contribution in [1.82, 2.24) is 10.2 Å². The van der Waals surface area contributed by atoms with E-state index in [1.807, 2.05) is 0 Å². The van der Waals surface area contributed by atoms with Crippen molar-refractivity contribution >= 4 is 40.2 Å². The first-order chi connectivity index (χ1) is 18.7. The van der Waals surface area contributed by atoms with Crippen LogP contribution in [0.2, 0.25) is 0 Å². The molecule has 4 rings (SSSR count). The van der Waals surface area contributed by atoms with Crippen molar-refractivity contribution in [2.24, 2.45) is 0 Å². The number of benzene rings is 2. The third-order valence-electron chi connectivity index (χ3n) is 5.79. The van der Waals surface area contributed by atoms with Crippen molar-refractivity contribution in [3.63, 3.8) is 0 Å². The van der Waals surface area contributed by atoms with Crippen LogP contribution in [0.3, 0.4) is 0 Å². The molecule has 2 amide bonds. The zero-order valence-corrected chi connectivity index (χ0v) is 21.4. The largest absolute Gasteiger partial charge is 0.484 e. The maximum atomic E-state index is 13.1. The lowest BCUT2D eigenvalue weighted by Crippen LogP contribution is -2.74. The van der Waals surface area contributed by atoms with E-state index in [1.165, 1.54) is 24.3 Å². The van der Waals surface area contributed by atoms with Gasteiger partial charge in [0, 0.05) is 24.6 Å². The second-order valence-electron chi connectivity index (χ2n) is 8.50. The normalized spacial score (nSPS) is 19.9. The highest BCUT2D eigenvalue weighted by Gasteiger charge is 2.57. The minimum atomic E-state index is -1.74. The van der Waals surface area contributed by atoms with Crippen LogP contribution in [0.15, 0.2) is 65.9 Å². The summed E-state index contributed by atoms with van der Waals surface area (Å²) in [6.45, 7) is 0.119. The molecule has 2 aliphatic heterocycles. The number of hydrogen-bond donors (Lipinski definition) is 1. The number of ether oxygens (including phenoxy) is 3. The molecule has 1 saturated heterocycles. The predicted octanol–water partition coefficient (Wildman–Crippen LogP) is 0.950. The summed E-state index contributed by atoms with van der Waals surface area (Å²) in [6, 6.07) is 12.7. The molecule has 0 aliphatic carbocycles. The van der Waals surface area contributed by atoms with Gasteiger partial charge in [-0.25, -0.2) is 4.79 Å². The number of hydrogen-bond acceptors (Lipinski definition) is 10. The van der Waals surface area contributed by atoms with Gasteiger partial charge in [0.1, 0.15) is 36.1 Å². The van der Waals surface area contributed by atoms with Crippen molar-refractivity contribution < 1.29 is 42.5 Å². The minimum absolute atomic E-state index is 0.124. The molecule has 3 atom stereocenters. The SMILES string of the molecule is CC(=O)OCC1=C(C(=O)OCc2ccc([N+](=O)[O-])cc2)N2C(=O)C(NC(=O)COc3ccccc3)[C@@H]2S(=O)C1. The first-order valence-electron chi connectivity index (χ1n) is 11.6. The Morgan fingerprint density at radius 3 is 2.41 bits per heavy atom. The molecule has 2 aromatic carbocycles. The fourth-order valence-electron chi connectivity index (χ4n) is 3.95. The van der Waals surface area contributed by atoms with Crippen LogP contribution in [0.4, 0.5) is 5.69 Å². The van der Waals surface area contributed by atoms with E-state index in [1.54, 1.807) is 30.3 Å². The van der Waals surface area contributed by atoms with Crippen molar-refractivity contribution in [2.75, 3.05) is 19.0 Å². The van der Waals surface area contributed by atoms with Gasteiger partial charge in [-0.05, 0) is 29.8 Å². The lowest BCUT2D eigenvalue weighted by atomic mass is 10.0. The molecule has 2 aliphatic rings. The first-order valence-corrected chi connectivity index (χ1v) is 13.0. The Hall–Kier alpha value is -4.59. The number of esters is 2. The average Bonchev–Trinajstić information content (AvgIpc) is 2.92. The van der Waals surface area contributed by atoms with E-state index in [2.05, 4.69) is 5.32 Å². The quantitative estimate of drug-likeness (QED) is 0.192. The summed E-state index contributed by atoms with van der Waals surface area (Å²) in [5.41, 5.74) is 0.214. The summed E-state index contributed by atoms with van der Waals surface area (Å²) < 4.78 is 28.7. The smallest absolute Gasteiger partial charge is 0.355 e. The number of para-hydroxylation sites is 1. The van der Waals surface area contributed by atoms with Crippen LogP contribution in [-0.4, -0.2) is 68.2 Å². The van der Waals surface area contributed by atoms with Crippen LogP contribution in [0.5, 0.6) is 5.75 Å². The van der Waals surface area contributed by atoms with Gasteiger partial charge in [0.2, 0.25) is 0 Å². The first kappa shape index (κ1) is 27.4. The van der Waals surface area contributed by atoms with Gasteiger partial charge in [-0.2, -0.15) is 0 Å². The number of fused-ring (bicyclic) bond motifs is 1. The number of nitro benzene ring substituents is 1. The fourth-order valence-corrected chi connectivity index (χ4v) is 5.62. The second-order valence-corrected chi connectivity index (χ2v) is 10.0. The van der Waals surface area contributed by atoms with E-state index in [9.17, 15) is 33.5 Å². The molecule has 1 fully saturated rings. The Balaban J connectivity index is 1.47. The third-order valence-corrected chi connectivity index (χ3v) is 7.45. The summed E-state index contributed by atoms with van der Waals surface area (Å²) in [5.74, 6) is -2.65. The van der Waals surface area contributed by atoms with Gasteiger partial charge in [-0.3, -0.25) is 33.6 Å². The molecule has 0 aromatic heterocycles. The Labute approximate surface area is 224 Å². The molecule has 0 spiro atoms. The molecule has 0 saturated carbocycles. The van der Waals surface area contributed by atoms with Crippen LogP contribution >= 0.6 is 0 Å². The molecule has 1 N–H and O–H groups in total. The van der Waals surface area contributed by atoms with Crippen LogP contribution in [-0.2, 0) is 46.1 Å². The fraction of sp³-hybridized carbons (Fsp3) is 0.280. The zero-order valence-electron chi connectivity index (χ0n) is 20.6. The number of carbonyl (C=O) groups is 4. The molecular formula is C25H23N3O10S. The molecule has 0 bridgehead atoms. The Morgan fingerprint density at radius 1 is 1.08 bits per heavy atom. The molecule has 2 heterocycles. The summed E-state index contributed by atoms with van der Waals surface area (Å²) in [5, 5.41) is 12.3. The monoisotopic (exact) mass is 557 g/mol. The molecule has 13 nitrogen and oxygen atoms in total. The topological polar surface area (TPSA) is 171 Å². The van der Waals surface area contributed by atoms with E-state index in [-0.39, 0.29) is 42.5 Å². The van der Waals surface area contributed by atoms with Crippen LogP contribution in [0.1, 0.15) is 12.5 Å². The van der Waals surface area contributed by atoms with Crippen LogP contribution in [0, 0.1) is 10.1 Å². The number of β-lactam (4-membered cyclic amide) rings is 1.